The molecule has 0 fully saturated rings. The fourth-order valence-electron chi connectivity index (χ4n) is 1.12. The third-order valence-electron chi connectivity index (χ3n) is 2.72. The van der Waals surface area contributed by atoms with Crippen molar-refractivity contribution >= 4 is 21.4 Å². The quantitative estimate of drug-likeness (QED) is 0.893. The molecule has 0 radical (unpaired) electrons. The van der Waals surface area contributed by atoms with E-state index in [1.807, 2.05) is 6.07 Å². The van der Waals surface area contributed by atoms with Gasteiger partial charge in [0.2, 0.25) is 5.91 Å². The van der Waals surface area contributed by atoms with Crippen LogP contribution in [0.3, 0.4) is 0 Å². The van der Waals surface area contributed by atoms with Crippen LogP contribution in [0.25, 0.3) is 0 Å². The summed E-state index contributed by atoms with van der Waals surface area (Å²) in [5.41, 5.74) is 0.792. The summed E-state index contributed by atoms with van der Waals surface area (Å²) in [6, 6.07) is 8.22. The predicted molar refractivity (Wildman–Crippen MR) is 68.7 cm³/mol. The molecule has 5 nitrogen and oxygen atoms in total. The normalized spacial score (nSPS) is 11.7. The van der Waals surface area contributed by atoms with Crippen LogP contribution in [0.4, 0.5) is 5.69 Å². The van der Waals surface area contributed by atoms with Gasteiger partial charge in [0, 0.05) is 11.9 Å². The van der Waals surface area contributed by atoms with Crippen LogP contribution in [0.1, 0.15) is 19.4 Å². The highest BCUT2D eigenvalue weighted by Crippen LogP contribution is 2.19. The number of benzene rings is 1. The van der Waals surface area contributed by atoms with Crippen molar-refractivity contribution in [3.63, 3.8) is 0 Å². The van der Waals surface area contributed by atoms with Gasteiger partial charge in [-0.15, -0.1) is 0 Å². The Morgan fingerprint density at radius 1 is 1.39 bits per heavy atom. The highest BCUT2D eigenvalue weighted by atomic mass is 32.2. The zero-order valence-electron chi connectivity index (χ0n) is 10.4. The molecule has 0 saturated carbocycles. The Labute approximate surface area is 106 Å². The molecule has 0 unspecified atom stereocenters. The lowest BCUT2D eigenvalue weighted by molar-refractivity contribution is -0.117. The second kappa shape index (κ2) is 4.78. The second-order valence-corrected chi connectivity index (χ2v) is 6.99. The van der Waals surface area contributed by atoms with Crippen LogP contribution in [0, 0.1) is 11.3 Å². The molecule has 1 aromatic rings. The van der Waals surface area contributed by atoms with Crippen LogP contribution in [-0.4, -0.2) is 25.3 Å². The number of amides is 1. The van der Waals surface area contributed by atoms with Gasteiger partial charge in [-0.25, -0.2) is 8.42 Å². The third kappa shape index (κ3) is 2.87. The Morgan fingerprint density at radius 2 is 2.00 bits per heavy atom. The van der Waals surface area contributed by atoms with Crippen molar-refractivity contribution in [1.82, 2.24) is 0 Å². The standard InChI is InChI=1S/C12H14N2O3S/c1-12(2,18(3,16)17)11(15)14-10-6-4-5-9(7-10)8-13/h4-7H,1-3H3,(H,14,15). The molecule has 0 aliphatic rings. The van der Waals surface area contributed by atoms with Crippen molar-refractivity contribution < 1.29 is 13.2 Å². The highest BCUT2D eigenvalue weighted by Gasteiger charge is 2.38. The van der Waals surface area contributed by atoms with Crippen LogP contribution in [0.5, 0.6) is 0 Å². The van der Waals surface area contributed by atoms with E-state index in [4.69, 9.17) is 5.26 Å². The number of sulfone groups is 1. The van der Waals surface area contributed by atoms with Crippen LogP contribution in [-0.2, 0) is 14.6 Å². The molecule has 18 heavy (non-hydrogen) atoms. The van der Waals surface area contributed by atoms with E-state index in [9.17, 15) is 13.2 Å². The predicted octanol–water partition coefficient (Wildman–Crippen LogP) is 1.32. The molecule has 0 spiro atoms. The molecule has 0 saturated heterocycles. The fraction of sp³-hybridized carbons (Fsp3) is 0.333. The van der Waals surface area contributed by atoms with E-state index in [0.29, 0.717) is 11.3 Å². The summed E-state index contributed by atoms with van der Waals surface area (Å²) in [4.78, 5) is 11.9. The van der Waals surface area contributed by atoms with Gasteiger partial charge >= 0.3 is 0 Å². The van der Waals surface area contributed by atoms with Crippen molar-refractivity contribution in [1.29, 1.82) is 5.26 Å². The van der Waals surface area contributed by atoms with Gasteiger partial charge in [0.25, 0.3) is 0 Å². The molecular formula is C12H14N2O3S. The van der Waals surface area contributed by atoms with E-state index in [-0.39, 0.29) is 0 Å². The maximum Gasteiger partial charge on any atom is 0.245 e. The number of rotatable bonds is 3. The lowest BCUT2D eigenvalue weighted by Gasteiger charge is -2.21. The van der Waals surface area contributed by atoms with Crippen LogP contribution >= 0.6 is 0 Å². The molecule has 96 valence electrons. The van der Waals surface area contributed by atoms with Gasteiger partial charge < -0.3 is 5.32 Å². The van der Waals surface area contributed by atoms with Gasteiger partial charge in [-0.3, -0.25) is 4.79 Å². The number of nitrogens with one attached hydrogen (secondary N) is 1. The minimum Gasteiger partial charge on any atom is -0.325 e. The summed E-state index contributed by atoms with van der Waals surface area (Å²) in [6.07, 6.45) is 1.01. The maximum atomic E-state index is 11.9. The number of carbonyl (C=O) groups is 1. The van der Waals surface area contributed by atoms with Crippen LogP contribution in [0.15, 0.2) is 24.3 Å². The van der Waals surface area contributed by atoms with Crippen molar-refractivity contribution in [2.45, 2.75) is 18.6 Å². The van der Waals surface area contributed by atoms with E-state index in [2.05, 4.69) is 5.32 Å². The zero-order chi connectivity index (χ0) is 14.0. The van der Waals surface area contributed by atoms with Gasteiger partial charge in [-0.05, 0) is 32.0 Å². The zero-order valence-corrected chi connectivity index (χ0v) is 11.2. The average Bonchev–Trinajstić information content (AvgIpc) is 2.27. The summed E-state index contributed by atoms with van der Waals surface area (Å²) in [5, 5.41) is 11.2. The summed E-state index contributed by atoms with van der Waals surface area (Å²) in [5.74, 6) is -0.625. The van der Waals surface area contributed by atoms with Crippen molar-refractivity contribution in [3.8, 4) is 6.07 Å². The van der Waals surface area contributed by atoms with Gasteiger partial charge in [-0.2, -0.15) is 5.26 Å². The molecule has 1 N–H and O–H groups in total. The van der Waals surface area contributed by atoms with Crippen LogP contribution < -0.4 is 5.32 Å². The Balaban J connectivity index is 2.99. The van der Waals surface area contributed by atoms with E-state index in [0.717, 1.165) is 6.26 Å². The number of hydrogen-bond donors (Lipinski definition) is 1. The van der Waals surface area contributed by atoms with E-state index in [1.54, 1.807) is 18.2 Å². The molecule has 0 heterocycles. The highest BCUT2D eigenvalue weighted by molar-refractivity contribution is 7.92. The maximum absolute atomic E-state index is 11.9. The molecule has 0 atom stereocenters. The van der Waals surface area contributed by atoms with Crippen LogP contribution in [0.2, 0.25) is 0 Å². The molecule has 1 rings (SSSR count). The number of hydrogen-bond acceptors (Lipinski definition) is 4. The number of nitriles is 1. The Morgan fingerprint density at radius 3 is 2.50 bits per heavy atom. The number of anilines is 1. The topological polar surface area (TPSA) is 87.0 Å². The lowest BCUT2D eigenvalue weighted by atomic mass is 10.1. The molecule has 0 aliphatic carbocycles. The first-order valence-electron chi connectivity index (χ1n) is 5.19. The van der Waals surface area contributed by atoms with Crippen molar-refractivity contribution in [2.24, 2.45) is 0 Å². The Kier molecular flexibility index (Phi) is 3.77. The first-order valence-corrected chi connectivity index (χ1v) is 7.09. The number of nitrogens with zero attached hydrogens (tertiary/aromatic N) is 1. The van der Waals surface area contributed by atoms with Gasteiger partial charge in [-0.1, -0.05) is 6.07 Å². The van der Waals surface area contributed by atoms with Gasteiger partial charge in [0.1, 0.15) is 4.75 Å². The summed E-state index contributed by atoms with van der Waals surface area (Å²) < 4.78 is 21.5. The smallest absolute Gasteiger partial charge is 0.245 e. The largest absolute Gasteiger partial charge is 0.325 e. The Hall–Kier alpha value is -1.87. The third-order valence-corrected chi connectivity index (χ3v) is 4.76. The molecule has 1 amide bonds. The average molecular weight is 266 g/mol. The first-order chi connectivity index (χ1) is 8.18. The second-order valence-electron chi connectivity index (χ2n) is 4.43. The molecule has 6 heteroatoms. The lowest BCUT2D eigenvalue weighted by Crippen LogP contribution is -2.43. The molecule has 0 aromatic heterocycles. The minimum atomic E-state index is -3.51. The van der Waals surface area contributed by atoms with Crippen molar-refractivity contribution in [2.75, 3.05) is 11.6 Å². The molecule has 1 aromatic carbocycles. The molecule has 0 aliphatic heterocycles. The van der Waals surface area contributed by atoms with Gasteiger partial charge in [0.15, 0.2) is 9.84 Å². The minimum absolute atomic E-state index is 0.393. The SMILES string of the molecule is CC(C)(C(=O)Nc1cccc(C#N)c1)S(C)(=O)=O. The van der Waals surface area contributed by atoms with E-state index >= 15 is 0 Å². The molecular weight excluding hydrogens is 252 g/mol. The number of carbonyl (C=O) groups excluding carboxylic acids is 1. The van der Waals surface area contributed by atoms with E-state index < -0.39 is 20.5 Å². The summed E-state index contributed by atoms with van der Waals surface area (Å²) in [7, 11) is -3.51. The monoisotopic (exact) mass is 266 g/mol. The fourth-order valence-corrected chi connectivity index (χ4v) is 1.50. The summed E-state index contributed by atoms with van der Waals surface area (Å²) in [6.45, 7) is 2.68. The van der Waals surface area contributed by atoms with Gasteiger partial charge in [0.05, 0.1) is 11.6 Å². The molecule has 0 bridgehead atoms. The van der Waals surface area contributed by atoms with Crippen molar-refractivity contribution in [3.05, 3.63) is 29.8 Å². The van der Waals surface area contributed by atoms with E-state index in [1.165, 1.54) is 19.9 Å². The Bertz CT molecular complexity index is 612. The summed E-state index contributed by atoms with van der Waals surface area (Å²) >= 11 is 0. The first kappa shape index (κ1) is 14.2.